The maximum atomic E-state index is 12.8. The van der Waals surface area contributed by atoms with Crippen molar-refractivity contribution in [3.63, 3.8) is 0 Å². The molecule has 0 unspecified atom stereocenters. The van der Waals surface area contributed by atoms with E-state index in [4.69, 9.17) is 0 Å². The van der Waals surface area contributed by atoms with Gasteiger partial charge in [-0.3, -0.25) is 9.59 Å². The molecule has 3 rings (SSSR count). The molecule has 1 aliphatic heterocycles. The number of nitrogens with zero attached hydrogens (tertiary/aromatic N) is 3. The Labute approximate surface area is 171 Å². The van der Waals surface area contributed by atoms with Gasteiger partial charge in [0, 0.05) is 38.8 Å². The Morgan fingerprint density at radius 2 is 1.52 bits per heavy atom. The summed E-state index contributed by atoms with van der Waals surface area (Å²) in [6.07, 6.45) is 0. The summed E-state index contributed by atoms with van der Waals surface area (Å²) in [5.41, 5.74) is 1.52. The number of hydrogen-bond donors (Lipinski definition) is 0. The fourth-order valence-electron chi connectivity index (χ4n) is 3.21. The highest BCUT2D eigenvalue weighted by atomic mass is 32.2. The van der Waals surface area contributed by atoms with E-state index in [1.807, 2.05) is 13.0 Å². The minimum absolute atomic E-state index is 0.0432. The smallest absolute Gasteiger partial charge is 0.254 e. The molecule has 8 heteroatoms. The lowest BCUT2D eigenvalue weighted by Crippen LogP contribution is -2.52. The molecule has 1 heterocycles. The summed E-state index contributed by atoms with van der Waals surface area (Å²) in [7, 11) is -1.98. The standard InChI is InChI=1S/C21H25N3O4S/c1-17-8-10-19(11-9-17)29(27,28)24-14-12-23(13-15-24)20(25)16-22(2)21(26)18-6-4-3-5-7-18/h3-11H,12-16H2,1-2H3. The van der Waals surface area contributed by atoms with Gasteiger partial charge in [0.2, 0.25) is 15.9 Å². The van der Waals surface area contributed by atoms with Gasteiger partial charge in [-0.05, 0) is 31.2 Å². The fourth-order valence-corrected chi connectivity index (χ4v) is 4.64. The van der Waals surface area contributed by atoms with E-state index in [1.165, 1.54) is 9.21 Å². The Bertz CT molecular complexity index is 967. The van der Waals surface area contributed by atoms with Crippen molar-refractivity contribution in [2.75, 3.05) is 39.8 Å². The summed E-state index contributed by atoms with van der Waals surface area (Å²) in [6.45, 7) is 2.93. The average molecular weight is 416 g/mol. The van der Waals surface area contributed by atoms with Crippen LogP contribution in [0.15, 0.2) is 59.5 Å². The van der Waals surface area contributed by atoms with Gasteiger partial charge in [-0.15, -0.1) is 0 Å². The van der Waals surface area contributed by atoms with Gasteiger partial charge in [0.15, 0.2) is 0 Å². The van der Waals surface area contributed by atoms with Crippen LogP contribution in [0.5, 0.6) is 0 Å². The molecule has 0 N–H and O–H groups in total. The van der Waals surface area contributed by atoms with E-state index >= 15 is 0 Å². The van der Waals surface area contributed by atoms with Crippen LogP contribution in [-0.2, 0) is 14.8 Å². The van der Waals surface area contributed by atoms with Crippen molar-refractivity contribution in [3.05, 3.63) is 65.7 Å². The van der Waals surface area contributed by atoms with Gasteiger partial charge in [0.1, 0.15) is 0 Å². The molecule has 2 amide bonds. The molecule has 0 aromatic heterocycles. The number of sulfonamides is 1. The van der Waals surface area contributed by atoms with E-state index in [1.54, 1.807) is 60.5 Å². The highest BCUT2D eigenvalue weighted by Gasteiger charge is 2.30. The zero-order chi connectivity index (χ0) is 21.0. The third-order valence-electron chi connectivity index (χ3n) is 4.99. The largest absolute Gasteiger partial charge is 0.339 e. The highest BCUT2D eigenvalue weighted by molar-refractivity contribution is 7.89. The number of aryl methyl sites for hydroxylation is 1. The van der Waals surface area contributed by atoms with Crippen LogP contribution >= 0.6 is 0 Å². The summed E-state index contributed by atoms with van der Waals surface area (Å²) in [4.78, 5) is 28.2. The van der Waals surface area contributed by atoms with E-state index in [2.05, 4.69) is 0 Å². The van der Waals surface area contributed by atoms with Crippen LogP contribution in [-0.4, -0.2) is 74.1 Å². The lowest BCUT2D eigenvalue weighted by molar-refractivity contribution is -0.132. The number of carbonyl (C=O) groups is 2. The third kappa shape index (κ3) is 4.83. The Kier molecular flexibility index (Phi) is 6.34. The minimum atomic E-state index is -3.57. The summed E-state index contributed by atoms with van der Waals surface area (Å²) in [5.74, 6) is -0.413. The van der Waals surface area contributed by atoms with Gasteiger partial charge >= 0.3 is 0 Å². The fraction of sp³-hybridized carbons (Fsp3) is 0.333. The number of piperazine rings is 1. The van der Waals surface area contributed by atoms with Crippen molar-refractivity contribution in [2.24, 2.45) is 0 Å². The van der Waals surface area contributed by atoms with Crippen LogP contribution in [0.25, 0.3) is 0 Å². The predicted molar refractivity (Wildman–Crippen MR) is 110 cm³/mol. The van der Waals surface area contributed by atoms with Gasteiger partial charge in [0.25, 0.3) is 5.91 Å². The Morgan fingerprint density at radius 1 is 0.931 bits per heavy atom. The second-order valence-corrected chi connectivity index (χ2v) is 9.06. The first-order valence-corrected chi connectivity index (χ1v) is 10.9. The van der Waals surface area contributed by atoms with Gasteiger partial charge < -0.3 is 9.80 Å². The molecule has 0 saturated carbocycles. The van der Waals surface area contributed by atoms with Gasteiger partial charge in [-0.2, -0.15) is 4.31 Å². The summed E-state index contributed by atoms with van der Waals surface area (Å²) in [5, 5.41) is 0. The first-order valence-electron chi connectivity index (χ1n) is 9.44. The lowest BCUT2D eigenvalue weighted by Gasteiger charge is -2.34. The van der Waals surface area contributed by atoms with Crippen LogP contribution in [0.1, 0.15) is 15.9 Å². The molecular formula is C21H25N3O4S. The van der Waals surface area contributed by atoms with Crippen molar-refractivity contribution < 1.29 is 18.0 Å². The van der Waals surface area contributed by atoms with Crippen LogP contribution in [0.3, 0.4) is 0 Å². The van der Waals surface area contributed by atoms with Crippen LogP contribution < -0.4 is 0 Å². The van der Waals surface area contributed by atoms with Crippen molar-refractivity contribution in [1.29, 1.82) is 0 Å². The zero-order valence-electron chi connectivity index (χ0n) is 16.6. The molecule has 0 radical (unpaired) electrons. The number of benzene rings is 2. The zero-order valence-corrected chi connectivity index (χ0v) is 17.4. The first kappa shape index (κ1) is 21.0. The van der Waals surface area contributed by atoms with Gasteiger partial charge in [0.05, 0.1) is 11.4 Å². The number of likely N-dealkylation sites (N-methyl/N-ethyl adjacent to an activating group) is 1. The Balaban J connectivity index is 1.56. The average Bonchev–Trinajstić information content (AvgIpc) is 2.74. The molecule has 2 aromatic rings. The predicted octanol–water partition coefficient (Wildman–Crippen LogP) is 1.60. The van der Waals surface area contributed by atoms with E-state index in [0.29, 0.717) is 18.7 Å². The van der Waals surface area contributed by atoms with Gasteiger partial charge in [-0.1, -0.05) is 35.9 Å². The van der Waals surface area contributed by atoms with E-state index in [-0.39, 0.29) is 36.3 Å². The number of rotatable bonds is 5. The van der Waals surface area contributed by atoms with Crippen LogP contribution in [0.2, 0.25) is 0 Å². The molecule has 2 aromatic carbocycles. The molecule has 1 saturated heterocycles. The number of carbonyl (C=O) groups excluding carboxylic acids is 2. The second kappa shape index (κ2) is 8.75. The quantitative estimate of drug-likeness (QED) is 0.743. The molecule has 0 atom stereocenters. The minimum Gasteiger partial charge on any atom is -0.339 e. The third-order valence-corrected chi connectivity index (χ3v) is 6.90. The molecule has 29 heavy (non-hydrogen) atoms. The van der Waals surface area contributed by atoms with Crippen LogP contribution in [0.4, 0.5) is 0 Å². The summed E-state index contributed by atoms with van der Waals surface area (Å²) in [6, 6.07) is 15.5. The second-order valence-electron chi connectivity index (χ2n) is 7.13. The normalized spacial score (nSPS) is 15.2. The molecule has 0 spiro atoms. The molecular weight excluding hydrogens is 390 g/mol. The van der Waals surface area contributed by atoms with E-state index < -0.39 is 10.0 Å². The monoisotopic (exact) mass is 415 g/mol. The molecule has 0 aliphatic carbocycles. The van der Waals surface area contributed by atoms with Crippen molar-refractivity contribution >= 4 is 21.8 Å². The molecule has 1 fully saturated rings. The molecule has 1 aliphatic rings. The highest BCUT2D eigenvalue weighted by Crippen LogP contribution is 2.18. The van der Waals surface area contributed by atoms with Crippen molar-refractivity contribution in [1.82, 2.24) is 14.1 Å². The lowest BCUT2D eigenvalue weighted by atomic mass is 10.2. The SMILES string of the molecule is Cc1ccc(S(=O)(=O)N2CCN(C(=O)CN(C)C(=O)c3ccccc3)CC2)cc1. The van der Waals surface area contributed by atoms with Crippen molar-refractivity contribution in [3.8, 4) is 0 Å². The molecule has 7 nitrogen and oxygen atoms in total. The molecule has 154 valence electrons. The first-order chi connectivity index (χ1) is 13.8. The Hall–Kier alpha value is -2.71. The summed E-state index contributed by atoms with van der Waals surface area (Å²) >= 11 is 0. The van der Waals surface area contributed by atoms with E-state index in [9.17, 15) is 18.0 Å². The molecule has 0 bridgehead atoms. The van der Waals surface area contributed by atoms with Gasteiger partial charge in [-0.25, -0.2) is 8.42 Å². The van der Waals surface area contributed by atoms with Crippen molar-refractivity contribution in [2.45, 2.75) is 11.8 Å². The van der Waals surface area contributed by atoms with E-state index in [0.717, 1.165) is 5.56 Å². The number of hydrogen-bond acceptors (Lipinski definition) is 4. The Morgan fingerprint density at radius 3 is 2.10 bits per heavy atom. The maximum absolute atomic E-state index is 12.8. The topological polar surface area (TPSA) is 78.0 Å². The number of amides is 2. The summed E-state index contributed by atoms with van der Waals surface area (Å²) < 4.78 is 26.9. The maximum Gasteiger partial charge on any atom is 0.254 e. The van der Waals surface area contributed by atoms with Crippen LogP contribution in [0, 0.1) is 6.92 Å².